The molecule has 1 aromatic rings. The molecule has 3 nitrogen and oxygen atoms in total. The van der Waals surface area contributed by atoms with Gasteiger partial charge in [-0.05, 0) is 24.6 Å². The number of ether oxygens (including phenoxy) is 2. The zero-order valence-corrected chi connectivity index (χ0v) is 10.8. The standard InChI is InChI=1S/C13H16FNO2S/c14-12-2-1-10(13(15)18)5-11(12)8-17-7-9-3-4-16-6-9/h1-2,5,9H,3-4,6-8H2,(H2,15,18). The first kappa shape index (κ1) is 13.4. The fraction of sp³-hybridized carbons (Fsp3) is 0.462. The lowest BCUT2D eigenvalue weighted by Crippen LogP contribution is -2.12. The lowest BCUT2D eigenvalue weighted by molar-refractivity contribution is 0.0775. The fourth-order valence-corrected chi connectivity index (χ4v) is 2.02. The van der Waals surface area contributed by atoms with Crippen molar-refractivity contribution in [2.24, 2.45) is 11.7 Å². The maximum absolute atomic E-state index is 13.5. The van der Waals surface area contributed by atoms with E-state index in [4.69, 9.17) is 27.4 Å². The average molecular weight is 269 g/mol. The Bertz CT molecular complexity index is 433. The maximum atomic E-state index is 13.5. The van der Waals surface area contributed by atoms with Crippen LogP contribution >= 0.6 is 12.2 Å². The van der Waals surface area contributed by atoms with Gasteiger partial charge in [0, 0.05) is 23.7 Å². The van der Waals surface area contributed by atoms with Gasteiger partial charge in [0.25, 0.3) is 0 Å². The Kier molecular flexibility index (Phi) is 4.63. The SMILES string of the molecule is NC(=S)c1ccc(F)c(COCC2CCOC2)c1. The normalized spacial score (nSPS) is 19.1. The van der Waals surface area contributed by atoms with Crippen molar-refractivity contribution in [3.8, 4) is 0 Å². The Morgan fingerprint density at radius 3 is 3.06 bits per heavy atom. The molecular weight excluding hydrogens is 253 g/mol. The van der Waals surface area contributed by atoms with Crippen LogP contribution in [0, 0.1) is 11.7 Å². The number of hydrogen-bond acceptors (Lipinski definition) is 3. The molecule has 0 aromatic heterocycles. The van der Waals surface area contributed by atoms with Gasteiger partial charge in [-0.2, -0.15) is 0 Å². The van der Waals surface area contributed by atoms with Crippen LogP contribution in [0.1, 0.15) is 17.5 Å². The van der Waals surface area contributed by atoms with Crippen LogP contribution in [0.25, 0.3) is 0 Å². The number of rotatable bonds is 5. The molecule has 1 saturated heterocycles. The highest BCUT2D eigenvalue weighted by Gasteiger charge is 2.16. The molecule has 0 aliphatic carbocycles. The quantitative estimate of drug-likeness (QED) is 0.831. The first-order chi connectivity index (χ1) is 8.66. The second-order valence-corrected chi connectivity index (χ2v) is 4.86. The van der Waals surface area contributed by atoms with Crippen molar-refractivity contribution in [1.29, 1.82) is 0 Å². The number of thiocarbonyl (C=S) groups is 1. The summed E-state index contributed by atoms with van der Waals surface area (Å²) in [5.41, 5.74) is 6.66. The van der Waals surface area contributed by atoms with E-state index in [1.165, 1.54) is 6.07 Å². The molecule has 0 radical (unpaired) electrons. The van der Waals surface area contributed by atoms with Crippen LogP contribution in [0.2, 0.25) is 0 Å². The molecule has 1 aliphatic heterocycles. The molecule has 1 atom stereocenters. The van der Waals surface area contributed by atoms with Crippen molar-refractivity contribution in [1.82, 2.24) is 0 Å². The van der Waals surface area contributed by atoms with Crippen LogP contribution < -0.4 is 5.73 Å². The summed E-state index contributed by atoms with van der Waals surface area (Å²) < 4.78 is 24.3. The van der Waals surface area contributed by atoms with Gasteiger partial charge in [0.1, 0.15) is 10.8 Å². The predicted octanol–water partition coefficient (Wildman–Crippen LogP) is 2.01. The van der Waals surface area contributed by atoms with Crippen LogP contribution in [0.4, 0.5) is 4.39 Å². The minimum absolute atomic E-state index is 0.235. The van der Waals surface area contributed by atoms with E-state index in [1.54, 1.807) is 12.1 Å². The molecule has 0 bridgehead atoms. The van der Waals surface area contributed by atoms with E-state index in [1.807, 2.05) is 0 Å². The second-order valence-electron chi connectivity index (χ2n) is 4.42. The highest BCUT2D eigenvalue weighted by atomic mass is 32.1. The van der Waals surface area contributed by atoms with Gasteiger partial charge in [-0.1, -0.05) is 12.2 Å². The topological polar surface area (TPSA) is 44.5 Å². The Morgan fingerprint density at radius 2 is 2.39 bits per heavy atom. The van der Waals surface area contributed by atoms with Gasteiger partial charge in [-0.15, -0.1) is 0 Å². The molecule has 1 fully saturated rings. The minimum Gasteiger partial charge on any atom is -0.389 e. The smallest absolute Gasteiger partial charge is 0.128 e. The molecule has 18 heavy (non-hydrogen) atoms. The molecule has 1 aliphatic rings. The summed E-state index contributed by atoms with van der Waals surface area (Å²) in [6, 6.07) is 4.58. The highest BCUT2D eigenvalue weighted by molar-refractivity contribution is 7.80. The summed E-state index contributed by atoms with van der Waals surface area (Å²) in [5, 5.41) is 0. The highest BCUT2D eigenvalue weighted by Crippen LogP contribution is 2.15. The van der Waals surface area contributed by atoms with Crippen molar-refractivity contribution in [2.45, 2.75) is 13.0 Å². The van der Waals surface area contributed by atoms with Crippen LogP contribution in [0.5, 0.6) is 0 Å². The van der Waals surface area contributed by atoms with E-state index < -0.39 is 0 Å². The lowest BCUT2D eigenvalue weighted by Gasteiger charge is -2.10. The van der Waals surface area contributed by atoms with Gasteiger partial charge in [-0.25, -0.2) is 4.39 Å². The summed E-state index contributed by atoms with van der Waals surface area (Å²) in [7, 11) is 0. The van der Waals surface area contributed by atoms with Gasteiger partial charge in [0.15, 0.2) is 0 Å². The zero-order chi connectivity index (χ0) is 13.0. The van der Waals surface area contributed by atoms with Crippen molar-refractivity contribution < 1.29 is 13.9 Å². The average Bonchev–Trinajstić information content (AvgIpc) is 2.84. The molecule has 5 heteroatoms. The van der Waals surface area contributed by atoms with Gasteiger partial charge in [0.05, 0.1) is 19.8 Å². The molecular formula is C13H16FNO2S. The lowest BCUT2D eigenvalue weighted by atomic mass is 10.1. The predicted molar refractivity (Wildman–Crippen MR) is 70.9 cm³/mol. The Morgan fingerprint density at radius 1 is 1.56 bits per heavy atom. The zero-order valence-electron chi connectivity index (χ0n) is 10.0. The summed E-state index contributed by atoms with van der Waals surface area (Å²) in [6.07, 6.45) is 1.01. The maximum Gasteiger partial charge on any atom is 0.128 e. The van der Waals surface area contributed by atoms with Gasteiger partial charge >= 0.3 is 0 Å². The number of benzene rings is 1. The molecule has 98 valence electrons. The molecule has 1 heterocycles. The summed E-state index contributed by atoms with van der Waals surface area (Å²) >= 11 is 4.86. The Hall–Kier alpha value is -1.04. The molecule has 2 N–H and O–H groups in total. The van der Waals surface area contributed by atoms with Crippen molar-refractivity contribution in [2.75, 3.05) is 19.8 Å². The molecule has 2 rings (SSSR count). The van der Waals surface area contributed by atoms with E-state index in [0.717, 1.165) is 19.6 Å². The number of nitrogens with two attached hydrogens (primary N) is 1. The Balaban J connectivity index is 1.91. The van der Waals surface area contributed by atoms with E-state index in [0.29, 0.717) is 23.7 Å². The van der Waals surface area contributed by atoms with E-state index in [-0.39, 0.29) is 17.4 Å². The van der Waals surface area contributed by atoms with Crippen molar-refractivity contribution >= 4 is 17.2 Å². The molecule has 1 aromatic carbocycles. The van der Waals surface area contributed by atoms with Gasteiger partial charge < -0.3 is 15.2 Å². The fourth-order valence-electron chi connectivity index (χ4n) is 1.89. The monoisotopic (exact) mass is 269 g/mol. The first-order valence-corrected chi connectivity index (χ1v) is 6.31. The van der Waals surface area contributed by atoms with Crippen LogP contribution in [-0.4, -0.2) is 24.8 Å². The Labute approximate surface area is 111 Å². The van der Waals surface area contributed by atoms with Crippen molar-refractivity contribution in [3.63, 3.8) is 0 Å². The third kappa shape index (κ3) is 3.48. The van der Waals surface area contributed by atoms with Crippen LogP contribution in [0.3, 0.4) is 0 Å². The minimum atomic E-state index is -0.294. The van der Waals surface area contributed by atoms with E-state index in [9.17, 15) is 4.39 Å². The first-order valence-electron chi connectivity index (χ1n) is 5.90. The molecule has 0 spiro atoms. The molecule has 0 saturated carbocycles. The molecule has 1 unspecified atom stereocenters. The van der Waals surface area contributed by atoms with E-state index in [2.05, 4.69) is 0 Å². The van der Waals surface area contributed by atoms with E-state index >= 15 is 0 Å². The van der Waals surface area contributed by atoms with Crippen LogP contribution in [-0.2, 0) is 16.1 Å². The summed E-state index contributed by atoms with van der Waals surface area (Å²) in [4.78, 5) is 0.264. The largest absolute Gasteiger partial charge is 0.389 e. The number of hydrogen-bond donors (Lipinski definition) is 1. The van der Waals surface area contributed by atoms with Gasteiger partial charge in [0.2, 0.25) is 0 Å². The number of halogens is 1. The summed E-state index contributed by atoms with van der Waals surface area (Å²) in [6.45, 7) is 2.35. The van der Waals surface area contributed by atoms with Crippen LogP contribution in [0.15, 0.2) is 18.2 Å². The summed E-state index contributed by atoms with van der Waals surface area (Å²) in [5.74, 6) is 0.129. The van der Waals surface area contributed by atoms with Gasteiger partial charge in [-0.3, -0.25) is 0 Å². The molecule has 0 amide bonds. The third-order valence-corrected chi connectivity index (χ3v) is 3.20. The third-order valence-electron chi connectivity index (χ3n) is 2.97. The second kappa shape index (κ2) is 6.22. The van der Waals surface area contributed by atoms with Crippen molar-refractivity contribution in [3.05, 3.63) is 35.1 Å².